The molecule has 0 aromatic carbocycles. The van der Waals surface area contributed by atoms with Crippen LogP contribution in [-0.2, 0) is 0 Å². The first kappa shape index (κ1) is 12.5. The van der Waals surface area contributed by atoms with E-state index in [-0.39, 0.29) is 5.54 Å². The van der Waals surface area contributed by atoms with Gasteiger partial charge in [0, 0.05) is 6.54 Å². The Morgan fingerprint density at radius 2 is 2.13 bits per heavy atom. The number of nitrogens with one attached hydrogen (secondary N) is 1. The Kier molecular flexibility index (Phi) is 4.56. The van der Waals surface area contributed by atoms with E-state index in [1.54, 1.807) is 0 Å². The van der Waals surface area contributed by atoms with Crippen molar-refractivity contribution in [1.29, 1.82) is 5.26 Å². The lowest BCUT2D eigenvalue weighted by atomic mass is 9.94. The number of rotatable bonds is 7. The summed E-state index contributed by atoms with van der Waals surface area (Å²) < 4.78 is 0. The number of nitriles is 1. The Morgan fingerprint density at radius 1 is 1.47 bits per heavy atom. The molecule has 0 bridgehead atoms. The van der Waals surface area contributed by atoms with Crippen molar-refractivity contribution in [3.8, 4) is 6.07 Å². The highest BCUT2D eigenvalue weighted by atomic mass is 15.2. The molecule has 0 aromatic rings. The van der Waals surface area contributed by atoms with Gasteiger partial charge in [-0.25, -0.2) is 0 Å². The van der Waals surface area contributed by atoms with E-state index >= 15 is 0 Å². The summed E-state index contributed by atoms with van der Waals surface area (Å²) in [7, 11) is 1.92. The van der Waals surface area contributed by atoms with Crippen molar-refractivity contribution in [3.63, 3.8) is 0 Å². The lowest BCUT2D eigenvalue weighted by Gasteiger charge is -2.32. The van der Waals surface area contributed by atoms with Gasteiger partial charge in [0.15, 0.2) is 0 Å². The molecule has 1 N–H and O–H groups in total. The minimum Gasteiger partial charge on any atom is -0.301 e. The second-order valence-electron chi connectivity index (χ2n) is 4.48. The van der Waals surface area contributed by atoms with Crippen LogP contribution in [0.1, 0.15) is 33.1 Å². The third-order valence-electron chi connectivity index (χ3n) is 3.38. The van der Waals surface area contributed by atoms with Crippen molar-refractivity contribution >= 4 is 0 Å². The standard InChI is InChI=1S/C12H23N3/c1-4-8-15(5-2)10-12(9-13,14-3)11-6-7-11/h11,14H,4-8,10H2,1-3H3. The van der Waals surface area contributed by atoms with Gasteiger partial charge in [-0.15, -0.1) is 0 Å². The Morgan fingerprint density at radius 3 is 2.47 bits per heavy atom. The van der Waals surface area contributed by atoms with Gasteiger partial charge in [0.1, 0.15) is 5.54 Å². The monoisotopic (exact) mass is 209 g/mol. The fourth-order valence-corrected chi connectivity index (χ4v) is 2.19. The van der Waals surface area contributed by atoms with E-state index in [0.717, 1.165) is 26.1 Å². The summed E-state index contributed by atoms with van der Waals surface area (Å²) in [5, 5.41) is 12.6. The van der Waals surface area contributed by atoms with Gasteiger partial charge < -0.3 is 10.2 Å². The molecule has 0 aromatic heterocycles. The molecular weight excluding hydrogens is 186 g/mol. The van der Waals surface area contributed by atoms with Gasteiger partial charge in [-0.05, 0) is 45.3 Å². The fraction of sp³-hybridized carbons (Fsp3) is 0.917. The predicted molar refractivity (Wildman–Crippen MR) is 62.5 cm³/mol. The van der Waals surface area contributed by atoms with Crippen LogP contribution in [-0.4, -0.2) is 37.1 Å². The van der Waals surface area contributed by atoms with Crippen LogP contribution < -0.4 is 5.32 Å². The zero-order valence-corrected chi connectivity index (χ0v) is 10.2. The number of hydrogen-bond acceptors (Lipinski definition) is 3. The molecule has 15 heavy (non-hydrogen) atoms. The molecule has 1 rings (SSSR count). The zero-order valence-electron chi connectivity index (χ0n) is 10.2. The summed E-state index contributed by atoms with van der Waals surface area (Å²) in [6.45, 7) is 7.35. The summed E-state index contributed by atoms with van der Waals surface area (Å²) in [5.41, 5.74) is -0.300. The maximum absolute atomic E-state index is 9.36. The van der Waals surface area contributed by atoms with Crippen molar-refractivity contribution in [2.75, 3.05) is 26.7 Å². The molecule has 0 radical (unpaired) electrons. The maximum Gasteiger partial charge on any atom is 0.122 e. The number of hydrogen-bond donors (Lipinski definition) is 1. The highest BCUT2D eigenvalue weighted by Crippen LogP contribution is 2.39. The Bertz CT molecular complexity index is 230. The molecule has 3 nitrogen and oxygen atoms in total. The molecule has 86 valence electrons. The first-order valence-corrected chi connectivity index (χ1v) is 6.05. The van der Waals surface area contributed by atoms with E-state index in [9.17, 15) is 5.26 Å². The molecule has 1 aliphatic rings. The molecule has 0 heterocycles. The summed E-state index contributed by atoms with van der Waals surface area (Å²) in [6, 6.07) is 2.50. The molecule has 1 fully saturated rings. The molecule has 1 aliphatic carbocycles. The zero-order chi connectivity index (χ0) is 11.3. The molecule has 0 aliphatic heterocycles. The van der Waals surface area contributed by atoms with Crippen molar-refractivity contribution in [1.82, 2.24) is 10.2 Å². The predicted octanol–water partition coefficient (Wildman–Crippen LogP) is 1.61. The lowest BCUT2D eigenvalue weighted by molar-refractivity contribution is 0.210. The van der Waals surface area contributed by atoms with Crippen LogP contribution in [0.4, 0.5) is 0 Å². The summed E-state index contributed by atoms with van der Waals surface area (Å²) in [5.74, 6) is 0.568. The van der Waals surface area contributed by atoms with Crippen LogP contribution in [0.2, 0.25) is 0 Å². The maximum atomic E-state index is 9.36. The highest BCUT2D eigenvalue weighted by Gasteiger charge is 2.45. The average molecular weight is 209 g/mol. The molecular formula is C12H23N3. The fourth-order valence-electron chi connectivity index (χ4n) is 2.19. The van der Waals surface area contributed by atoms with Crippen LogP contribution in [0.15, 0.2) is 0 Å². The highest BCUT2D eigenvalue weighted by molar-refractivity contribution is 5.16. The smallest absolute Gasteiger partial charge is 0.122 e. The van der Waals surface area contributed by atoms with Crippen molar-refractivity contribution in [2.24, 2.45) is 5.92 Å². The Balaban J connectivity index is 2.60. The van der Waals surface area contributed by atoms with Crippen LogP contribution >= 0.6 is 0 Å². The van der Waals surface area contributed by atoms with Gasteiger partial charge in [0.25, 0.3) is 0 Å². The van der Waals surface area contributed by atoms with Crippen LogP contribution in [0.3, 0.4) is 0 Å². The van der Waals surface area contributed by atoms with Crippen LogP contribution in [0, 0.1) is 17.2 Å². The molecule has 0 saturated heterocycles. The SMILES string of the molecule is CCCN(CC)CC(C#N)(NC)C1CC1. The van der Waals surface area contributed by atoms with E-state index in [1.807, 2.05) is 7.05 Å². The van der Waals surface area contributed by atoms with Gasteiger partial charge in [0.05, 0.1) is 6.07 Å². The quantitative estimate of drug-likeness (QED) is 0.692. The second kappa shape index (κ2) is 5.48. The molecule has 1 atom stereocenters. The molecule has 0 amide bonds. The van der Waals surface area contributed by atoms with E-state index in [2.05, 4.69) is 30.1 Å². The Labute approximate surface area is 93.5 Å². The normalized spacial score (nSPS) is 19.9. The topological polar surface area (TPSA) is 39.1 Å². The number of nitrogens with zero attached hydrogens (tertiary/aromatic N) is 2. The molecule has 3 heteroatoms. The third-order valence-corrected chi connectivity index (χ3v) is 3.38. The summed E-state index contributed by atoms with van der Waals surface area (Å²) in [4.78, 5) is 2.37. The Hall–Kier alpha value is -0.590. The van der Waals surface area contributed by atoms with Crippen molar-refractivity contribution in [2.45, 2.75) is 38.6 Å². The largest absolute Gasteiger partial charge is 0.301 e. The van der Waals surface area contributed by atoms with Gasteiger partial charge >= 0.3 is 0 Å². The first-order chi connectivity index (χ1) is 7.22. The van der Waals surface area contributed by atoms with Crippen LogP contribution in [0.5, 0.6) is 0 Å². The molecule has 1 saturated carbocycles. The average Bonchev–Trinajstić information content (AvgIpc) is 3.09. The van der Waals surface area contributed by atoms with Gasteiger partial charge in [-0.1, -0.05) is 13.8 Å². The molecule has 0 spiro atoms. The second-order valence-corrected chi connectivity index (χ2v) is 4.48. The van der Waals surface area contributed by atoms with Crippen LogP contribution in [0.25, 0.3) is 0 Å². The third kappa shape index (κ3) is 2.93. The van der Waals surface area contributed by atoms with E-state index < -0.39 is 0 Å². The first-order valence-electron chi connectivity index (χ1n) is 6.05. The minimum absolute atomic E-state index is 0.300. The lowest BCUT2D eigenvalue weighted by Crippen LogP contribution is -2.53. The van der Waals surface area contributed by atoms with E-state index in [1.165, 1.54) is 12.8 Å². The summed E-state index contributed by atoms with van der Waals surface area (Å²) in [6.07, 6.45) is 3.57. The van der Waals surface area contributed by atoms with Gasteiger partial charge in [-0.2, -0.15) is 5.26 Å². The van der Waals surface area contributed by atoms with Gasteiger partial charge in [-0.3, -0.25) is 0 Å². The summed E-state index contributed by atoms with van der Waals surface area (Å²) >= 11 is 0. The van der Waals surface area contributed by atoms with Gasteiger partial charge in [0.2, 0.25) is 0 Å². The van der Waals surface area contributed by atoms with Crippen molar-refractivity contribution < 1.29 is 0 Å². The minimum atomic E-state index is -0.300. The molecule has 1 unspecified atom stereocenters. The van der Waals surface area contributed by atoms with Crippen molar-refractivity contribution in [3.05, 3.63) is 0 Å². The van der Waals surface area contributed by atoms with E-state index in [4.69, 9.17) is 0 Å². The number of likely N-dealkylation sites (N-methyl/N-ethyl adjacent to an activating group) is 2. The van der Waals surface area contributed by atoms with E-state index in [0.29, 0.717) is 5.92 Å².